The van der Waals surface area contributed by atoms with Crippen LogP contribution >= 0.6 is 0 Å². The molecule has 1 amide bonds. The number of aromatic hydroxyl groups is 1. The van der Waals surface area contributed by atoms with Crippen molar-refractivity contribution in [3.63, 3.8) is 0 Å². The Bertz CT molecular complexity index is 894. The summed E-state index contributed by atoms with van der Waals surface area (Å²) in [7, 11) is 0. The second-order valence-corrected chi connectivity index (χ2v) is 5.77. The third-order valence-electron chi connectivity index (χ3n) is 4.13. The third kappa shape index (κ3) is 2.91. The number of phenols is 1. The molecule has 0 unspecified atom stereocenters. The van der Waals surface area contributed by atoms with Gasteiger partial charge >= 0.3 is 0 Å². The predicted molar refractivity (Wildman–Crippen MR) is 90.2 cm³/mol. The highest BCUT2D eigenvalue weighted by molar-refractivity contribution is 5.92. The molecule has 0 aliphatic carbocycles. The van der Waals surface area contributed by atoms with E-state index >= 15 is 0 Å². The van der Waals surface area contributed by atoms with Crippen molar-refractivity contribution in [3.05, 3.63) is 60.2 Å². The molecule has 1 aliphatic rings. The van der Waals surface area contributed by atoms with Crippen LogP contribution in [0.25, 0.3) is 11.1 Å². The second-order valence-electron chi connectivity index (χ2n) is 5.77. The normalized spacial score (nSPS) is 13.7. The van der Waals surface area contributed by atoms with Crippen molar-refractivity contribution in [2.45, 2.75) is 6.54 Å². The first kappa shape index (κ1) is 15.2. The van der Waals surface area contributed by atoms with Crippen LogP contribution in [0, 0.1) is 0 Å². The maximum absolute atomic E-state index is 12.6. The minimum atomic E-state index is -0.153. The van der Waals surface area contributed by atoms with E-state index in [9.17, 15) is 9.90 Å². The fourth-order valence-corrected chi connectivity index (χ4v) is 2.92. The summed E-state index contributed by atoms with van der Waals surface area (Å²) in [5.41, 5.74) is 2.89. The SMILES string of the molecule is O=C(c1ccn[nH]1)N1CCOc2c(O)cc(-c3cccnc3)cc2C1. The number of rotatable bonds is 2. The standard InChI is InChI=1S/C18H16N4O3/c23-16-9-13(12-2-1-4-19-10-12)8-14-11-22(6-7-25-17(14)16)18(24)15-3-5-20-21-15/h1-5,8-10,23H,6-7,11H2,(H,20,21). The van der Waals surface area contributed by atoms with Gasteiger partial charge in [0, 0.05) is 36.3 Å². The molecule has 4 rings (SSSR count). The van der Waals surface area contributed by atoms with Gasteiger partial charge in [0.15, 0.2) is 11.5 Å². The number of fused-ring (bicyclic) bond motifs is 1. The van der Waals surface area contributed by atoms with E-state index in [1.165, 1.54) is 0 Å². The Balaban J connectivity index is 1.70. The van der Waals surface area contributed by atoms with Crippen molar-refractivity contribution in [2.75, 3.05) is 13.2 Å². The predicted octanol–water partition coefficient (Wildman–Crippen LogP) is 2.21. The molecule has 7 nitrogen and oxygen atoms in total. The zero-order valence-electron chi connectivity index (χ0n) is 13.3. The Morgan fingerprint density at radius 2 is 2.16 bits per heavy atom. The molecular formula is C18H16N4O3. The van der Waals surface area contributed by atoms with Crippen LogP contribution in [-0.2, 0) is 6.54 Å². The van der Waals surface area contributed by atoms with Crippen molar-refractivity contribution in [1.29, 1.82) is 0 Å². The maximum atomic E-state index is 12.6. The summed E-state index contributed by atoms with van der Waals surface area (Å²) in [5.74, 6) is 0.333. The fraction of sp³-hybridized carbons (Fsp3) is 0.167. The summed E-state index contributed by atoms with van der Waals surface area (Å²) in [6.07, 6.45) is 4.97. The molecule has 2 aromatic heterocycles. The summed E-state index contributed by atoms with van der Waals surface area (Å²) < 4.78 is 5.68. The van der Waals surface area contributed by atoms with Gasteiger partial charge in [0.2, 0.25) is 0 Å². The van der Waals surface area contributed by atoms with E-state index in [1.54, 1.807) is 35.6 Å². The number of ether oxygens (including phenoxy) is 1. The lowest BCUT2D eigenvalue weighted by molar-refractivity contribution is 0.0727. The van der Waals surface area contributed by atoms with Gasteiger partial charge in [-0.15, -0.1) is 0 Å². The lowest BCUT2D eigenvalue weighted by atomic mass is 10.0. The van der Waals surface area contributed by atoms with Crippen LogP contribution in [0.15, 0.2) is 48.9 Å². The Kier molecular flexibility index (Phi) is 3.81. The third-order valence-corrected chi connectivity index (χ3v) is 4.13. The van der Waals surface area contributed by atoms with Crippen molar-refractivity contribution >= 4 is 5.91 Å². The number of pyridine rings is 1. The average molecular weight is 336 g/mol. The zero-order valence-corrected chi connectivity index (χ0v) is 13.3. The Morgan fingerprint density at radius 3 is 2.92 bits per heavy atom. The van der Waals surface area contributed by atoms with Crippen LogP contribution < -0.4 is 4.74 Å². The number of nitrogens with one attached hydrogen (secondary N) is 1. The van der Waals surface area contributed by atoms with E-state index in [0.717, 1.165) is 16.7 Å². The summed E-state index contributed by atoms with van der Waals surface area (Å²) in [6.45, 7) is 1.08. The molecule has 3 aromatic rings. The lowest BCUT2D eigenvalue weighted by Gasteiger charge is -2.19. The highest BCUT2D eigenvalue weighted by Gasteiger charge is 2.24. The van der Waals surface area contributed by atoms with Gasteiger partial charge < -0.3 is 14.7 Å². The van der Waals surface area contributed by atoms with Crippen molar-refractivity contribution < 1.29 is 14.6 Å². The highest BCUT2D eigenvalue weighted by atomic mass is 16.5. The zero-order chi connectivity index (χ0) is 17.2. The number of nitrogens with zero attached hydrogens (tertiary/aromatic N) is 3. The van der Waals surface area contributed by atoms with Crippen LogP contribution in [-0.4, -0.2) is 44.2 Å². The number of phenolic OH excluding ortho intramolecular Hbond substituents is 1. The van der Waals surface area contributed by atoms with E-state index in [2.05, 4.69) is 15.2 Å². The van der Waals surface area contributed by atoms with Gasteiger partial charge in [-0.05, 0) is 29.8 Å². The monoisotopic (exact) mass is 336 g/mol. The number of hydrogen-bond donors (Lipinski definition) is 2. The van der Waals surface area contributed by atoms with Crippen molar-refractivity contribution in [2.24, 2.45) is 0 Å². The number of carbonyl (C=O) groups is 1. The first-order valence-corrected chi connectivity index (χ1v) is 7.90. The molecule has 0 bridgehead atoms. The molecule has 1 aliphatic heterocycles. The molecule has 0 saturated carbocycles. The van der Waals surface area contributed by atoms with E-state index in [1.807, 2.05) is 18.2 Å². The smallest absolute Gasteiger partial charge is 0.272 e. The van der Waals surface area contributed by atoms with Gasteiger partial charge in [0.25, 0.3) is 5.91 Å². The van der Waals surface area contributed by atoms with Crippen LogP contribution in [0.4, 0.5) is 0 Å². The molecule has 1 aromatic carbocycles. The van der Waals surface area contributed by atoms with Crippen molar-refractivity contribution in [1.82, 2.24) is 20.1 Å². The summed E-state index contributed by atoms with van der Waals surface area (Å²) in [4.78, 5) is 18.4. The molecule has 25 heavy (non-hydrogen) atoms. The molecule has 126 valence electrons. The van der Waals surface area contributed by atoms with E-state index in [0.29, 0.717) is 31.1 Å². The van der Waals surface area contributed by atoms with Gasteiger partial charge in [-0.2, -0.15) is 5.10 Å². The molecule has 3 heterocycles. The van der Waals surface area contributed by atoms with E-state index in [-0.39, 0.29) is 11.7 Å². The summed E-state index contributed by atoms with van der Waals surface area (Å²) in [6, 6.07) is 8.97. The number of amides is 1. The number of aromatic amines is 1. The van der Waals surface area contributed by atoms with Crippen LogP contribution in [0.3, 0.4) is 0 Å². The molecule has 0 fully saturated rings. The Hall–Kier alpha value is -3.35. The van der Waals surface area contributed by atoms with Gasteiger partial charge in [-0.25, -0.2) is 0 Å². The van der Waals surface area contributed by atoms with Gasteiger partial charge in [-0.1, -0.05) is 6.07 Å². The van der Waals surface area contributed by atoms with Gasteiger partial charge in [-0.3, -0.25) is 14.9 Å². The van der Waals surface area contributed by atoms with Crippen LogP contribution in [0.1, 0.15) is 16.1 Å². The van der Waals surface area contributed by atoms with Gasteiger partial charge in [0.1, 0.15) is 12.3 Å². The highest BCUT2D eigenvalue weighted by Crippen LogP contribution is 2.37. The second kappa shape index (κ2) is 6.27. The molecule has 0 atom stereocenters. The molecule has 0 saturated heterocycles. The Labute approximate surface area is 143 Å². The number of hydrogen-bond acceptors (Lipinski definition) is 5. The van der Waals surface area contributed by atoms with E-state index < -0.39 is 0 Å². The molecule has 7 heteroatoms. The van der Waals surface area contributed by atoms with Crippen LogP contribution in [0.5, 0.6) is 11.5 Å². The number of aromatic nitrogens is 3. The number of carbonyl (C=O) groups excluding carboxylic acids is 1. The fourth-order valence-electron chi connectivity index (χ4n) is 2.92. The largest absolute Gasteiger partial charge is 0.504 e. The minimum Gasteiger partial charge on any atom is -0.504 e. The van der Waals surface area contributed by atoms with Gasteiger partial charge in [0.05, 0.1) is 6.54 Å². The number of H-pyrrole nitrogens is 1. The Morgan fingerprint density at radius 1 is 1.24 bits per heavy atom. The average Bonchev–Trinajstić information content (AvgIpc) is 3.08. The summed E-state index contributed by atoms with van der Waals surface area (Å²) >= 11 is 0. The minimum absolute atomic E-state index is 0.0622. The lowest BCUT2D eigenvalue weighted by Crippen LogP contribution is -2.32. The van der Waals surface area contributed by atoms with E-state index in [4.69, 9.17) is 4.74 Å². The molecule has 0 radical (unpaired) electrons. The van der Waals surface area contributed by atoms with Crippen LogP contribution in [0.2, 0.25) is 0 Å². The molecule has 0 spiro atoms. The summed E-state index contributed by atoms with van der Waals surface area (Å²) in [5, 5.41) is 16.9. The first-order chi connectivity index (χ1) is 12.2. The quantitative estimate of drug-likeness (QED) is 0.749. The van der Waals surface area contributed by atoms with Crippen molar-refractivity contribution in [3.8, 4) is 22.6 Å². The topological polar surface area (TPSA) is 91.3 Å². The molecular weight excluding hydrogens is 320 g/mol. The first-order valence-electron chi connectivity index (χ1n) is 7.90. The molecule has 2 N–H and O–H groups in total. The maximum Gasteiger partial charge on any atom is 0.272 e. The number of benzene rings is 1.